The Hall–Kier alpha value is -2.77. The molecule has 4 rings (SSSR count). The van der Waals surface area contributed by atoms with Crippen LogP contribution >= 0.6 is 0 Å². The maximum atomic E-state index is 15.0. The van der Waals surface area contributed by atoms with Crippen molar-refractivity contribution in [1.29, 1.82) is 0 Å². The molecule has 0 bridgehead atoms. The van der Waals surface area contributed by atoms with Gasteiger partial charge in [0.15, 0.2) is 9.84 Å². The number of anilines is 2. The molecule has 1 aliphatic rings. The summed E-state index contributed by atoms with van der Waals surface area (Å²) >= 11 is 0. The zero-order valence-electron chi connectivity index (χ0n) is 22.5. The van der Waals surface area contributed by atoms with E-state index in [0.717, 1.165) is 53.7 Å². The second-order valence-electron chi connectivity index (χ2n) is 11.3. The molecule has 0 saturated carbocycles. The lowest BCUT2D eigenvalue weighted by Crippen LogP contribution is -2.29. The number of hydrogen-bond acceptors (Lipinski definition) is 5. The van der Waals surface area contributed by atoms with Crippen molar-refractivity contribution >= 4 is 21.3 Å². The van der Waals surface area contributed by atoms with Crippen LogP contribution in [0.3, 0.4) is 0 Å². The number of pyridine rings is 1. The van der Waals surface area contributed by atoms with E-state index in [2.05, 4.69) is 22.2 Å². The molecular formula is C30H38FN3O2S. The molecule has 0 amide bonds. The maximum absolute atomic E-state index is 15.0. The number of nitrogens with one attached hydrogen (secondary N) is 1. The molecule has 1 N–H and O–H groups in total. The largest absolute Gasteiger partial charge is 0.340 e. The molecule has 3 aromatic rings. The molecule has 0 radical (unpaired) electrons. The predicted molar refractivity (Wildman–Crippen MR) is 150 cm³/mol. The van der Waals surface area contributed by atoms with Gasteiger partial charge in [-0.25, -0.2) is 17.8 Å². The van der Waals surface area contributed by atoms with Gasteiger partial charge in [0.1, 0.15) is 11.6 Å². The topological polar surface area (TPSA) is 62.3 Å². The molecule has 37 heavy (non-hydrogen) atoms. The van der Waals surface area contributed by atoms with Crippen LogP contribution in [0.25, 0.3) is 0 Å². The monoisotopic (exact) mass is 523 g/mol. The van der Waals surface area contributed by atoms with Gasteiger partial charge in [0.2, 0.25) is 0 Å². The first-order valence-electron chi connectivity index (χ1n) is 12.9. The summed E-state index contributed by atoms with van der Waals surface area (Å²) in [6.45, 7) is 9.20. The molecule has 1 aromatic heterocycles. The Balaban J connectivity index is 1.48. The second kappa shape index (κ2) is 10.9. The Morgan fingerprint density at radius 3 is 2.43 bits per heavy atom. The van der Waals surface area contributed by atoms with Crippen molar-refractivity contribution in [2.75, 3.05) is 25.5 Å². The average molecular weight is 524 g/mol. The molecule has 1 aliphatic heterocycles. The number of halogens is 1. The molecule has 2 aromatic carbocycles. The van der Waals surface area contributed by atoms with Gasteiger partial charge in [-0.1, -0.05) is 30.3 Å². The zero-order chi connectivity index (χ0) is 26.8. The van der Waals surface area contributed by atoms with E-state index in [1.807, 2.05) is 55.6 Å². The van der Waals surface area contributed by atoms with Gasteiger partial charge in [-0.15, -0.1) is 0 Å². The van der Waals surface area contributed by atoms with Gasteiger partial charge < -0.3 is 10.2 Å². The molecule has 0 atom stereocenters. The van der Waals surface area contributed by atoms with E-state index in [0.29, 0.717) is 17.9 Å². The first-order chi connectivity index (χ1) is 17.4. The summed E-state index contributed by atoms with van der Waals surface area (Å²) in [5.41, 5.74) is 5.42. The molecule has 0 aliphatic carbocycles. The van der Waals surface area contributed by atoms with Gasteiger partial charge >= 0.3 is 0 Å². The van der Waals surface area contributed by atoms with Crippen molar-refractivity contribution in [3.8, 4) is 0 Å². The normalized spacial score (nSPS) is 15.6. The Labute approximate surface area is 221 Å². The number of aromatic nitrogens is 1. The van der Waals surface area contributed by atoms with Gasteiger partial charge in [0, 0.05) is 11.9 Å². The fourth-order valence-electron chi connectivity index (χ4n) is 4.71. The van der Waals surface area contributed by atoms with E-state index in [1.165, 1.54) is 0 Å². The molecule has 5 nitrogen and oxygen atoms in total. The zero-order valence-corrected chi connectivity index (χ0v) is 23.3. The van der Waals surface area contributed by atoms with E-state index in [-0.39, 0.29) is 17.5 Å². The smallest absolute Gasteiger partial charge is 0.159 e. The number of sulfone groups is 1. The molecule has 7 heteroatoms. The SMILES string of the molecule is Cc1cnc(Nc2ccc(C3CCN(C)CC3)c(F)c2)cc1Cc1cccc(CS(=O)(=O)C(C)(C)C)c1. The second-order valence-corrected chi connectivity index (χ2v) is 14.0. The van der Waals surface area contributed by atoms with Gasteiger partial charge in [0.05, 0.1) is 10.5 Å². The summed E-state index contributed by atoms with van der Waals surface area (Å²) in [4.78, 5) is 6.79. The van der Waals surface area contributed by atoms with Crippen LogP contribution in [0.15, 0.2) is 54.7 Å². The number of benzene rings is 2. The Morgan fingerprint density at radius 1 is 1.05 bits per heavy atom. The van der Waals surface area contributed by atoms with Crippen molar-refractivity contribution < 1.29 is 12.8 Å². The van der Waals surface area contributed by atoms with Crippen LogP contribution in [0.5, 0.6) is 0 Å². The minimum absolute atomic E-state index is 0.0194. The summed E-state index contributed by atoms with van der Waals surface area (Å²) in [6.07, 6.45) is 4.42. The minimum atomic E-state index is -3.26. The molecule has 0 unspecified atom stereocenters. The Bertz CT molecular complexity index is 1360. The third-order valence-electron chi connectivity index (χ3n) is 7.32. The number of hydrogen-bond donors (Lipinski definition) is 1. The van der Waals surface area contributed by atoms with E-state index < -0.39 is 14.6 Å². The number of nitrogens with zero attached hydrogens (tertiary/aromatic N) is 2. The molecule has 1 saturated heterocycles. The fraction of sp³-hybridized carbons (Fsp3) is 0.433. The van der Waals surface area contributed by atoms with Crippen LogP contribution in [0.1, 0.15) is 67.3 Å². The van der Waals surface area contributed by atoms with Crippen LogP contribution in [0.2, 0.25) is 0 Å². The minimum Gasteiger partial charge on any atom is -0.340 e. The van der Waals surface area contributed by atoms with Crippen molar-refractivity contribution in [2.45, 2.75) is 63.4 Å². The Kier molecular flexibility index (Phi) is 8.05. The summed E-state index contributed by atoms with van der Waals surface area (Å²) < 4.78 is 39.5. The van der Waals surface area contributed by atoms with E-state index in [4.69, 9.17) is 0 Å². The summed E-state index contributed by atoms with van der Waals surface area (Å²) in [5.74, 6) is 0.766. The Morgan fingerprint density at radius 2 is 1.76 bits per heavy atom. The third kappa shape index (κ3) is 6.76. The first kappa shape index (κ1) is 27.3. The quantitative estimate of drug-likeness (QED) is 0.389. The summed E-state index contributed by atoms with van der Waals surface area (Å²) in [6, 6.07) is 15.1. The lowest BCUT2D eigenvalue weighted by molar-refractivity contribution is 0.253. The lowest BCUT2D eigenvalue weighted by atomic mass is 9.89. The molecule has 2 heterocycles. The fourth-order valence-corrected chi connectivity index (χ4v) is 5.76. The molecular weight excluding hydrogens is 485 g/mol. The van der Waals surface area contributed by atoms with Crippen molar-refractivity contribution in [3.05, 3.63) is 88.4 Å². The highest BCUT2D eigenvalue weighted by molar-refractivity contribution is 7.91. The van der Waals surface area contributed by atoms with Gasteiger partial charge in [-0.2, -0.15) is 0 Å². The highest BCUT2D eigenvalue weighted by atomic mass is 32.2. The highest BCUT2D eigenvalue weighted by Gasteiger charge is 2.29. The maximum Gasteiger partial charge on any atom is 0.159 e. The third-order valence-corrected chi connectivity index (χ3v) is 9.90. The summed E-state index contributed by atoms with van der Waals surface area (Å²) in [7, 11) is -1.15. The van der Waals surface area contributed by atoms with Crippen LogP contribution in [-0.4, -0.2) is 43.2 Å². The van der Waals surface area contributed by atoms with E-state index in [9.17, 15) is 12.8 Å². The van der Waals surface area contributed by atoms with E-state index in [1.54, 1.807) is 26.8 Å². The standard InChI is InChI=1S/C30H38FN3O2S/c1-21-19-32-29(33-26-9-10-27(28(31)18-26)24-11-13-34(5)14-12-24)17-25(21)16-22-7-6-8-23(15-22)20-37(35,36)30(2,3)4/h6-10,15,17-19,24H,11-14,16,20H2,1-5H3,(H,32,33). The van der Waals surface area contributed by atoms with Gasteiger partial charge in [0.25, 0.3) is 0 Å². The van der Waals surface area contributed by atoms with Crippen LogP contribution in [0.4, 0.5) is 15.9 Å². The molecule has 0 spiro atoms. The predicted octanol–water partition coefficient (Wildman–Crippen LogP) is 6.39. The van der Waals surface area contributed by atoms with Crippen molar-refractivity contribution in [1.82, 2.24) is 9.88 Å². The number of rotatable bonds is 7. The lowest BCUT2D eigenvalue weighted by Gasteiger charge is -2.29. The van der Waals surface area contributed by atoms with Gasteiger partial charge in [-0.05, 0) is 119 Å². The number of likely N-dealkylation sites (tertiary alicyclic amines) is 1. The van der Waals surface area contributed by atoms with Crippen molar-refractivity contribution in [2.24, 2.45) is 0 Å². The van der Waals surface area contributed by atoms with Crippen molar-refractivity contribution in [3.63, 3.8) is 0 Å². The first-order valence-corrected chi connectivity index (χ1v) is 14.6. The molecule has 1 fully saturated rings. The van der Waals surface area contributed by atoms with Gasteiger partial charge in [-0.3, -0.25) is 0 Å². The highest BCUT2D eigenvalue weighted by Crippen LogP contribution is 2.31. The number of piperidine rings is 1. The van der Waals surface area contributed by atoms with Crippen LogP contribution in [0, 0.1) is 12.7 Å². The van der Waals surface area contributed by atoms with E-state index >= 15 is 0 Å². The molecule has 198 valence electrons. The summed E-state index contributed by atoms with van der Waals surface area (Å²) in [5, 5.41) is 3.26. The number of aryl methyl sites for hydroxylation is 1. The van der Waals surface area contributed by atoms with Crippen LogP contribution < -0.4 is 5.32 Å². The average Bonchev–Trinajstić information content (AvgIpc) is 2.81. The van der Waals surface area contributed by atoms with Crippen LogP contribution in [-0.2, 0) is 22.0 Å².